The third kappa shape index (κ3) is 9.71. The number of sulfonamides is 1. The molecule has 18 heteroatoms. The van der Waals surface area contributed by atoms with E-state index in [2.05, 4.69) is 20.6 Å². The van der Waals surface area contributed by atoms with Gasteiger partial charge in [0.25, 0.3) is 21.5 Å². The number of anilines is 2. The van der Waals surface area contributed by atoms with Crippen molar-refractivity contribution in [1.82, 2.24) is 24.4 Å². The number of pyridine rings is 2. The second kappa shape index (κ2) is 17.3. The van der Waals surface area contributed by atoms with Crippen LogP contribution in [0.5, 0.6) is 0 Å². The van der Waals surface area contributed by atoms with Gasteiger partial charge in [0.1, 0.15) is 29.6 Å². The molecule has 310 valence electrons. The van der Waals surface area contributed by atoms with Crippen molar-refractivity contribution in [3.8, 4) is 5.82 Å². The number of hydrogen-bond donors (Lipinski definition) is 3. The minimum Gasteiger partial charge on any atom is -0.461 e. The fourth-order valence-electron chi connectivity index (χ4n) is 6.46. The molecule has 0 radical (unpaired) electrons. The number of nitrogens with zero attached hydrogens (tertiary/aromatic N) is 4. The number of hydrogen-bond acceptors (Lipinski definition) is 10. The number of benzene rings is 2. The summed E-state index contributed by atoms with van der Waals surface area (Å²) in [5.41, 5.74) is -2.23. The lowest BCUT2D eigenvalue weighted by Crippen LogP contribution is -2.44. The van der Waals surface area contributed by atoms with Gasteiger partial charge in [-0.15, -0.1) is 0 Å². The van der Waals surface area contributed by atoms with Crippen LogP contribution in [0.4, 0.5) is 20.2 Å². The number of aryl methyl sites for hydroxylation is 2. The predicted octanol–water partition coefficient (Wildman–Crippen LogP) is 5.15. The van der Waals surface area contributed by atoms with Crippen LogP contribution in [-0.2, 0) is 37.8 Å². The molecule has 0 saturated heterocycles. The molecule has 3 aromatic heterocycles. The molecule has 2 amide bonds. The molecule has 1 fully saturated rings. The van der Waals surface area contributed by atoms with Crippen LogP contribution in [0, 0.1) is 17.0 Å². The smallest absolute Gasteiger partial charge is 0.337 e. The Morgan fingerprint density at radius 3 is 2.32 bits per heavy atom. The van der Waals surface area contributed by atoms with E-state index in [1.54, 1.807) is 26.8 Å². The minimum absolute atomic E-state index is 0.0519. The Balaban J connectivity index is 1.17. The van der Waals surface area contributed by atoms with Gasteiger partial charge in [0.05, 0.1) is 33.2 Å². The maximum Gasteiger partial charge on any atom is 0.337 e. The summed E-state index contributed by atoms with van der Waals surface area (Å²) >= 11 is 0. The summed E-state index contributed by atoms with van der Waals surface area (Å²) in [6, 6.07) is 9.35. The van der Waals surface area contributed by atoms with E-state index < -0.39 is 67.5 Å². The van der Waals surface area contributed by atoms with Crippen LogP contribution in [0.15, 0.2) is 87.7 Å². The van der Waals surface area contributed by atoms with Crippen LogP contribution in [0.2, 0.25) is 0 Å². The van der Waals surface area contributed by atoms with Crippen molar-refractivity contribution >= 4 is 50.1 Å². The SMILES string of the molecule is Cn1c(=O)n(-c2ccc(CC[C@H](NC(=O)c3cc(F)c(NS(=O)(=O)c4ccc(NC(=O)C(C)(C)C)cc4)cc3F)C(=O)OC3CCCCC3)cn2)c(=O)c2ccncc21. The molecule has 1 aliphatic carbocycles. The Labute approximate surface area is 337 Å². The number of ether oxygens (including phenoxy) is 1. The normalized spacial score (nSPS) is 14.1. The van der Waals surface area contributed by atoms with Crippen LogP contribution in [0.3, 0.4) is 0 Å². The lowest BCUT2D eigenvalue weighted by Gasteiger charge is -2.25. The molecule has 0 spiro atoms. The number of rotatable bonds is 12. The van der Waals surface area contributed by atoms with E-state index in [1.807, 2.05) is 4.72 Å². The quantitative estimate of drug-likeness (QED) is 0.141. The van der Waals surface area contributed by atoms with Gasteiger partial charge < -0.3 is 15.4 Å². The lowest BCUT2D eigenvalue weighted by molar-refractivity contribution is -0.153. The summed E-state index contributed by atoms with van der Waals surface area (Å²) in [7, 11) is -2.94. The zero-order chi connectivity index (χ0) is 42.6. The Bertz CT molecular complexity index is 2640. The highest BCUT2D eigenvalue weighted by Crippen LogP contribution is 2.26. The van der Waals surface area contributed by atoms with E-state index in [-0.39, 0.29) is 41.0 Å². The summed E-state index contributed by atoms with van der Waals surface area (Å²) in [6.45, 7) is 5.13. The summed E-state index contributed by atoms with van der Waals surface area (Å²) in [5, 5.41) is 5.38. The maximum atomic E-state index is 15.5. The van der Waals surface area contributed by atoms with Gasteiger partial charge in [-0.1, -0.05) is 33.3 Å². The Hall–Kier alpha value is -6.30. The highest BCUT2D eigenvalue weighted by atomic mass is 32.2. The number of carbonyl (C=O) groups excluding carboxylic acids is 3. The van der Waals surface area contributed by atoms with Gasteiger partial charge in [0.15, 0.2) is 0 Å². The molecular formula is C41H43F2N7O8S. The molecule has 15 nitrogen and oxygen atoms in total. The van der Waals surface area contributed by atoms with Crippen molar-refractivity contribution in [3.63, 3.8) is 0 Å². The molecular weight excluding hydrogens is 789 g/mol. The number of aromatic nitrogens is 4. The van der Waals surface area contributed by atoms with Gasteiger partial charge in [0, 0.05) is 36.6 Å². The first-order valence-electron chi connectivity index (χ1n) is 18.9. The van der Waals surface area contributed by atoms with Crippen LogP contribution >= 0.6 is 0 Å². The van der Waals surface area contributed by atoms with Crippen LogP contribution in [0.1, 0.15) is 75.2 Å². The van der Waals surface area contributed by atoms with Crippen molar-refractivity contribution in [2.75, 3.05) is 10.0 Å². The highest BCUT2D eigenvalue weighted by Gasteiger charge is 2.29. The number of nitrogens with one attached hydrogen (secondary N) is 3. The maximum absolute atomic E-state index is 15.5. The van der Waals surface area contributed by atoms with Crippen LogP contribution in [0.25, 0.3) is 16.7 Å². The number of amides is 2. The second-order valence-corrected chi connectivity index (χ2v) is 17.0. The van der Waals surface area contributed by atoms with Gasteiger partial charge in [0.2, 0.25) is 5.91 Å². The van der Waals surface area contributed by atoms with E-state index >= 15 is 8.78 Å². The van der Waals surface area contributed by atoms with Crippen molar-refractivity contribution < 1.29 is 36.3 Å². The average Bonchev–Trinajstić information content (AvgIpc) is 3.20. The third-order valence-corrected chi connectivity index (χ3v) is 11.3. The number of esters is 1. The van der Waals surface area contributed by atoms with E-state index in [4.69, 9.17) is 4.74 Å². The molecule has 1 aliphatic rings. The summed E-state index contributed by atoms with van der Waals surface area (Å²) < 4.78 is 66.9. The number of fused-ring (bicyclic) bond motifs is 1. The largest absolute Gasteiger partial charge is 0.461 e. The average molecular weight is 832 g/mol. The fraction of sp³-hybridized carbons (Fsp3) is 0.341. The molecule has 0 bridgehead atoms. The van der Waals surface area contributed by atoms with E-state index in [0.29, 0.717) is 41.7 Å². The molecule has 3 N–H and O–H groups in total. The number of halogens is 2. The minimum atomic E-state index is -4.44. The molecule has 5 aromatic rings. The first kappa shape index (κ1) is 42.3. The third-order valence-electron chi connectivity index (χ3n) is 9.91. The van der Waals surface area contributed by atoms with E-state index in [9.17, 15) is 32.4 Å². The molecule has 1 saturated carbocycles. The predicted molar refractivity (Wildman–Crippen MR) is 215 cm³/mol. The molecule has 59 heavy (non-hydrogen) atoms. The number of carbonyl (C=O) groups is 3. The Kier molecular flexibility index (Phi) is 12.4. The first-order chi connectivity index (χ1) is 27.9. The fourth-order valence-corrected chi connectivity index (χ4v) is 7.52. The molecule has 0 aliphatic heterocycles. The van der Waals surface area contributed by atoms with Gasteiger partial charge in [-0.3, -0.25) is 28.7 Å². The van der Waals surface area contributed by atoms with Crippen LogP contribution in [-0.4, -0.2) is 57.4 Å². The van der Waals surface area contributed by atoms with Crippen molar-refractivity contribution in [3.05, 3.63) is 117 Å². The zero-order valence-corrected chi connectivity index (χ0v) is 33.6. The molecule has 2 aromatic carbocycles. The van der Waals surface area contributed by atoms with Gasteiger partial charge in [-0.25, -0.2) is 36.3 Å². The topological polar surface area (TPSA) is 200 Å². The van der Waals surface area contributed by atoms with E-state index in [0.717, 1.165) is 23.8 Å². The molecule has 1 atom stereocenters. The standard InChI is InChI=1S/C41H43F2N7O8S/c1-41(2,3)39(54)46-25-12-14-27(15-13-25)59(56,57)48-33-21-30(42)29(20-31(33)43)36(51)47-32(38(53)58-26-8-6-5-7-9-26)16-10-24-11-17-35(45-22-24)50-37(52)28-18-19-44-23-34(28)49(4)40(50)55/h11-15,17-23,26,32,48H,5-10,16H2,1-4H3,(H,46,54)(H,47,51)/t32-/m0/s1. The highest BCUT2D eigenvalue weighted by molar-refractivity contribution is 7.92. The summed E-state index contributed by atoms with van der Waals surface area (Å²) in [6.07, 6.45) is 7.95. The monoisotopic (exact) mass is 831 g/mol. The zero-order valence-electron chi connectivity index (χ0n) is 32.8. The van der Waals surface area contributed by atoms with E-state index in [1.165, 1.54) is 66.6 Å². The Morgan fingerprint density at radius 2 is 1.66 bits per heavy atom. The van der Waals surface area contributed by atoms with Crippen LogP contribution < -0.4 is 26.6 Å². The lowest BCUT2D eigenvalue weighted by atomic mass is 9.95. The summed E-state index contributed by atoms with van der Waals surface area (Å²) in [5.74, 6) is -4.70. The first-order valence-corrected chi connectivity index (χ1v) is 20.4. The summed E-state index contributed by atoms with van der Waals surface area (Å²) in [4.78, 5) is 73.5. The van der Waals surface area contributed by atoms with Crippen molar-refractivity contribution in [2.24, 2.45) is 12.5 Å². The van der Waals surface area contributed by atoms with Crippen molar-refractivity contribution in [1.29, 1.82) is 0 Å². The molecule has 3 heterocycles. The Morgan fingerprint density at radius 1 is 0.949 bits per heavy atom. The second-order valence-electron chi connectivity index (χ2n) is 15.3. The van der Waals surface area contributed by atoms with Gasteiger partial charge >= 0.3 is 11.7 Å². The molecule has 6 rings (SSSR count). The van der Waals surface area contributed by atoms with Gasteiger partial charge in [-0.05, 0) is 86.6 Å². The van der Waals surface area contributed by atoms with Crippen molar-refractivity contribution in [2.45, 2.75) is 82.8 Å². The molecule has 0 unspecified atom stereocenters. The van der Waals surface area contributed by atoms with Gasteiger partial charge in [-0.2, -0.15) is 0 Å².